The van der Waals surface area contributed by atoms with Gasteiger partial charge in [-0.1, -0.05) is 56.3 Å². The van der Waals surface area contributed by atoms with Crippen molar-refractivity contribution >= 4 is 16.8 Å². The summed E-state index contributed by atoms with van der Waals surface area (Å²) in [5, 5.41) is 3.61. The number of rotatable bonds is 9. The lowest BCUT2D eigenvalue weighted by Gasteiger charge is -2.30. The lowest BCUT2D eigenvalue weighted by atomic mass is 10.0. The zero-order valence-corrected chi connectivity index (χ0v) is 17.0. The Labute approximate surface area is 171 Å². The Kier molecular flexibility index (Phi) is 7.14. The first-order valence-corrected chi connectivity index (χ1v) is 10.2. The number of benzene rings is 2. The second kappa shape index (κ2) is 9.98. The molecule has 29 heavy (non-hydrogen) atoms. The molecular formula is C23H28N4O2. The van der Waals surface area contributed by atoms with E-state index in [4.69, 9.17) is 0 Å². The Morgan fingerprint density at radius 2 is 1.76 bits per heavy atom. The van der Waals surface area contributed by atoms with Gasteiger partial charge in [0.25, 0.3) is 5.56 Å². The van der Waals surface area contributed by atoms with Gasteiger partial charge in [-0.2, -0.15) is 0 Å². The number of nitrogens with one attached hydrogen (secondary N) is 2. The highest BCUT2D eigenvalue weighted by molar-refractivity contribution is 5.78. The molecule has 0 radical (unpaired) electrons. The molecule has 0 aliphatic heterocycles. The number of likely N-dealkylation sites (N-methyl/N-ethyl adjacent to an activating group) is 1. The maximum atomic E-state index is 12.5. The van der Waals surface area contributed by atoms with Crippen molar-refractivity contribution in [2.24, 2.45) is 0 Å². The molecule has 0 saturated carbocycles. The zero-order chi connectivity index (χ0) is 20.6. The third-order valence-corrected chi connectivity index (χ3v) is 5.18. The smallest absolute Gasteiger partial charge is 0.258 e. The minimum Gasteiger partial charge on any atom is -0.354 e. The number of hydrogen-bond donors (Lipinski definition) is 2. The Morgan fingerprint density at radius 1 is 1.07 bits per heavy atom. The van der Waals surface area contributed by atoms with Crippen LogP contribution < -0.4 is 10.9 Å². The van der Waals surface area contributed by atoms with Gasteiger partial charge in [0, 0.05) is 19.4 Å². The highest BCUT2D eigenvalue weighted by Crippen LogP contribution is 2.19. The number of hydrogen-bond acceptors (Lipinski definition) is 4. The van der Waals surface area contributed by atoms with Crippen LogP contribution in [0.5, 0.6) is 0 Å². The Balaban J connectivity index is 1.61. The minimum absolute atomic E-state index is 0.0473. The van der Waals surface area contributed by atoms with Crippen molar-refractivity contribution in [1.82, 2.24) is 20.2 Å². The van der Waals surface area contributed by atoms with Gasteiger partial charge < -0.3 is 10.3 Å². The SMILES string of the molecule is CCN(CC)[C@H](CNC(=O)CCc1nc2ccccc2c(=O)[nH]1)c1ccccc1. The third-order valence-electron chi connectivity index (χ3n) is 5.18. The van der Waals surface area contributed by atoms with Crippen LogP contribution in [0, 0.1) is 0 Å². The molecule has 3 rings (SSSR count). The molecular weight excluding hydrogens is 364 g/mol. The van der Waals surface area contributed by atoms with E-state index in [2.05, 4.69) is 46.2 Å². The molecule has 0 aliphatic rings. The molecule has 0 unspecified atom stereocenters. The first kappa shape index (κ1) is 20.7. The van der Waals surface area contributed by atoms with Crippen LogP contribution in [0.4, 0.5) is 0 Å². The largest absolute Gasteiger partial charge is 0.354 e. The molecule has 1 atom stereocenters. The van der Waals surface area contributed by atoms with Crippen molar-refractivity contribution in [3.63, 3.8) is 0 Å². The standard InChI is InChI=1S/C23H28N4O2/c1-3-27(4-2)20(17-10-6-5-7-11-17)16-24-22(28)15-14-21-25-19-13-9-8-12-18(19)23(29)26-21/h5-13,20H,3-4,14-16H2,1-2H3,(H,24,28)(H,25,26,29)/t20-/m1/s1. The molecule has 3 aromatic rings. The fraction of sp³-hybridized carbons (Fsp3) is 0.348. The summed E-state index contributed by atoms with van der Waals surface area (Å²) >= 11 is 0. The molecule has 0 aliphatic carbocycles. The summed E-state index contributed by atoms with van der Waals surface area (Å²) in [6.07, 6.45) is 0.675. The summed E-state index contributed by atoms with van der Waals surface area (Å²) < 4.78 is 0. The molecule has 0 bridgehead atoms. The molecule has 6 nitrogen and oxygen atoms in total. The molecule has 0 spiro atoms. The summed E-state index contributed by atoms with van der Waals surface area (Å²) in [5.41, 5.74) is 1.67. The quantitative estimate of drug-likeness (QED) is 0.587. The Bertz CT molecular complexity index is 996. The van der Waals surface area contributed by atoms with E-state index < -0.39 is 0 Å². The van der Waals surface area contributed by atoms with E-state index in [0.717, 1.165) is 13.1 Å². The van der Waals surface area contributed by atoms with Crippen molar-refractivity contribution < 1.29 is 4.79 Å². The summed E-state index contributed by atoms with van der Waals surface area (Å²) in [6.45, 7) is 6.63. The summed E-state index contributed by atoms with van der Waals surface area (Å²) in [5.74, 6) is 0.487. The molecule has 152 valence electrons. The molecule has 1 heterocycles. The van der Waals surface area contributed by atoms with Crippen molar-refractivity contribution in [2.75, 3.05) is 19.6 Å². The van der Waals surface area contributed by atoms with Crippen LogP contribution in [0.1, 0.15) is 37.7 Å². The van der Waals surface area contributed by atoms with Crippen LogP contribution in [0.3, 0.4) is 0 Å². The fourth-order valence-corrected chi connectivity index (χ4v) is 3.58. The molecule has 1 aromatic heterocycles. The molecule has 2 N–H and O–H groups in total. The van der Waals surface area contributed by atoms with Crippen LogP contribution in [-0.4, -0.2) is 40.4 Å². The predicted octanol–water partition coefficient (Wildman–Crippen LogP) is 3.06. The van der Waals surface area contributed by atoms with Crippen LogP contribution in [-0.2, 0) is 11.2 Å². The van der Waals surface area contributed by atoms with Crippen molar-refractivity contribution in [1.29, 1.82) is 0 Å². The second-order valence-corrected chi connectivity index (χ2v) is 6.98. The third kappa shape index (κ3) is 5.29. The van der Waals surface area contributed by atoms with Crippen molar-refractivity contribution in [3.05, 3.63) is 76.3 Å². The average molecular weight is 393 g/mol. The van der Waals surface area contributed by atoms with Gasteiger partial charge in [-0.15, -0.1) is 0 Å². The highest BCUT2D eigenvalue weighted by Gasteiger charge is 2.18. The second-order valence-electron chi connectivity index (χ2n) is 6.98. The van der Waals surface area contributed by atoms with Gasteiger partial charge in [-0.25, -0.2) is 4.98 Å². The number of para-hydroxylation sites is 1. The van der Waals surface area contributed by atoms with E-state index in [1.165, 1.54) is 5.56 Å². The van der Waals surface area contributed by atoms with Gasteiger partial charge in [0.15, 0.2) is 0 Å². The van der Waals surface area contributed by atoms with Crippen molar-refractivity contribution in [2.45, 2.75) is 32.7 Å². The number of carbonyl (C=O) groups is 1. The number of aryl methyl sites for hydroxylation is 1. The number of carbonyl (C=O) groups excluding carboxylic acids is 1. The molecule has 2 aromatic carbocycles. The maximum absolute atomic E-state index is 12.5. The van der Waals surface area contributed by atoms with Crippen LogP contribution >= 0.6 is 0 Å². The molecule has 0 saturated heterocycles. The fourth-order valence-electron chi connectivity index (χ4n) is 3.58. The predicted molar refractivity (Wildman–Crippen MR) is 116 cm³/mol. The average Bonchev–Trinajstić information content (AvgIpc) is 2.76. The van der Waals surface area contributed by atoms with Crippen molar-refractivity contribution in [3.8, 4) is 0 Å². The van der Waals surface area contributed by atoms with E-state index >= 15 is 0 Å². The van der Waals surface area contributed by atoms with Crippen LogP contribution in [0.25, 0.3) is 10.9 Å². The lowest BCUT2D eigenvalue weighted by molar-refractivity contribution is -0.121. The number of nitrogens with zero attached hydrogens (tertiary/aromatic N) is 2. The molecule has 1 amide bonds. The first-order chi connectivity index (χ1) is 14.1. The summed E-state index contributed by atoms with van der Waals surface area (Å²) in [7, 11) is 0. The minimum atomic E-state index is -0.170. The topological polar surface area (TPSA) is 78.1 Å². The molecule has 0 fully saturated rings. The Hall–Kier alpha value is -2.99. The van der Waals surface area contributed by atoms with E-state index in [-0.39, 0.29) is 23.9 Å². The normalized spacial score (nSPS) is 12.2. The van der Waals surface area contributed by atoms with Crippen LogP contribution in [0.15, 0.2) is 59.4 Å². The molecule has 6 heteroatoms. The number of aromatic amines is 1. The highest BCUT2D eigenvalue weighted by atomic mass is 16.1. The van der Waals surface area contributed by atoms with E-state index in [0.29, 0.717) is 29.7 Å². The Morgan fingerprint density at radius 3 is 2.48 bits per heavy atom. The van der Waals surface area contributed by atoms with Gasteiger partial charge in [-0.3, -0.25) is 14.5 Å². The monoisotopic (exact) mass is 392 g/mol. The first-order valence-electron chi connectivity index (χ1n) is 10.2. The van der Waals surface area contributed by atoms with Gasteiger partial charge in [0.05, 0.1) is 16.9 Å². The van der Waals surface area contributed by atoms with Gasteiger partial charge in [-0.05, 0) is 30.8 Å². The number of H-pyrrole nitrogens is 1. The number of fused-ring (bicyclic) bond motifs is 1. The zero-order valence-electron chi connectivity index (χ0n) is 17.0. The summed E-state index contributed by atoms with van der Waals surface area (Å²) in [4.78, 5) is 34.2. The van der Waals surface area contributed by atoms with E-state index in [9.17, 15) is 9.59 Å². The number of aromatic nitrogens is 2. The van der Waals surface area contributed by atoms with E-state index in [1.807, 2.05) is 36.4 Å². The van der Waals surface area contributed by atoms with Crippen LogP contribution in [0.2, 0.25) is 0 Å². The van der Waals surface area contributed by atoms with E-state index in [1.54, 1.807) is 6.07 Å². The lowest BCUT2D eigenvalue weighted by Crippen LogP contribution is -2.38. The number of amides is 1. The summed E-state index contributed by atoms with van der Waals surface area (Å²) in [6, 6.07) is 17.6. The maximum Gasteiger partial charge on any atom is 0.258 e. The van der Waals surface area contributed by atoms with Gasteiger partial charge >= 0.3 is 0 Å². The van der Waals surface area contributed by atoms with Gasteiger partial charge in [0.1, 0.15) is 5.82 Å². The van der Waals surface area contributed by atoms with Gasteiger partial charge in [0.2, 0.25) is 5.91 Å².